The molecule has 4 aromatic rings. The lowest BCUT2D eigenvalue weighted by atomic mass is 9.95. The molecule has 32 heavy (non-hydrogen) atoms. The van der Waals surface area contributed by atoms with Crippen LogP contribution in [-0.2, 0) is 4.79 Å². The van der Waals surface area contributed by atoms with Gasteiger partial charge in [0.05, 0.1) is 10.8 Å². The summed E-state index contributed by atoms with van der Waals surface area (Å²) >= 11 is 1.27. The number of carbonyl (C=O) groups excluding carboxylic acids is 1. The van der Waals surface area contributed by atoms with Crippen molar-refractivity contribution in [3.8, 4) is 16.9 Å². The highest BCUT2D eigenvalue weighted by molar-refractivity contribution is 7.21. The highest BCUT2D eigenvalue weighted by Crippen LogP contribution is 2.48. The zero-order valence-electron chi connectivity index (χ0n) is 17.1. The van der Waals surface area contributed by atoms with Crippen LogP contribution >= 0.6 is 11.3 Å². The Labute approximate surface area is 187 Å². The van der Waals surface area contributed by atoms with E-state index in [1.54, 1.807) is 31.2 Å². The molecule has 2 unspecified atom stereocenters. The largest absolute Gasteiger partial charge is 0.508 e. The number of carbonyl (C=O) groups is 2. The molecule has 1 aliphatic carbocycles. The third kappa shape index (κ3) is 3.46. The van der Waals surface area contributed by atoms with Crippen LogP contribution in [0.2, 0.25) is 0 Å². The summed E-state index contributed by atoms with van der Waals surface area (Å²) < 4.78 is 14.7. The molecular formula is C26H19FO4S. The number of phenolic OH excluding ortho intramolecular Hbond substituents is 1. The molecule has 0 aliphatic heterocycles. The summed E-state index contributed by atoms with van der Waals surface area (Å²) in [6, 6.07) is 16.8. The summed E-state index contributed by atoms with van der Waals surface area (Å²) in [6.07, 6.45) is 0.637. The summed E-state index contributed by atoms with van der Waals surface area (Å²) in [7, 11) is 0. The normalized spacial score (nSPS) is 17.4. The Hall–Kier alpha value is -3.51. The Balaban J connectivity index is 1.63. The molecule has 1 saturated carbocycles. The molecule has 1 aliphatic rings. The zero-order valence-corrected chi connectivity index (χ0v) is 17.9. The lowest BCUT2D eigenvalue weighted by molar-refractivity contribution is -0.138. The number of aryl methyl sites for hydroxylation is 1. The summed E-state index contributed by atoms with van der Waals surface area (Å²) in [5, 5.41) is 20.0. The number of ketones is 1. The van der Waals surface area contributed by atoms with Gasteiger partial charge in [0.2, 0.25) is 5.78 Å². The van der Waals surface area contributed by atoms with Crippen LogP contribution in [0.5, 0.6) is 5.75 Å². The van der Waals surface area contributed by atoms with Gasteiger partial charge in [0.15, 0.2) is 0 Å². The van der Waals surface area contributed by atoms with Crippen LogP contribution in [0.25, 0.3) is 21.2 Å². The minimum Gasteiger partial charge on any atom is -0.508 e. The quantitative estimate of drug-likeness (QED) is 0.361. The van der Waals surface area contributed by atoms with Gasteiger partial charge in [0.25, 0.3) is 0 Å². The van der Waals surface area contributed by atoms with E-state index in [1.165, 1.54) is 23.5 Å². The maximum absolute atomic E-state index is 13.9. The average molecular weight is 446 g/mol. The van der Waals surface area contributed by atoms with Crippen molar-refractivity contribution in [1.82, 2.24) is 0 Å². The first kappa shape index (κ1) is 20.4. The molecule has 2 atom stereocenters. The second-order valence-corrected chi connectivity index (χ2v) is 9.24. The van der Waals surface area contributed by atoms with Gasteiger partial charge in [-0.05, 0) is 66.3 Å². The summed E-state index contributed by atoms with van der Waals surface area (Å²) in [5.41, 5.74) is 3.51. The van der Waals surface area contributed by atoms with Crippen molar-refractivity contribution in [3.63, 3.8) is 0 Å². The van der Waals surface area contributed by atoms with Gasteiger partial charge in [-0.2, -0.15) is 0 Å². The van der Waals surface area contributed by atoms with E-state index >= 15 is 0 Å². The van der Waals surface area contributed by atoms with Gasteiger partial charge >= 0.3 is 5.97 Å². The average Bonchev–Trinajstić information content (AvgIpc) is 3.50. The Morgan fingerprint density at radius 1 is 1.03 bits per heavy atom. The fraction of sp³-hybridized carbons (Fsp3) is 0.154. The number of hydrogen-bond acceptors (Lipinski definition) is 4. The standard InChI is InChI=1S/C26H19FO4S/c1-13-2-7-16(27)10-19(13)24(29)25-23(18-9-8-17(28)11-22(18)32-25)15-5-3-14(4-6-15)20-12-21(20)26(30)31/h2-11,20-21,28H,12H2,1H3,(H,30,31). The van der Waals surface area contributed by atoms with Crippen LogP contribution in [0, 0.1) is 18.7 Å². The molecule has 3 aromatic carbocycles. The number of aliphatic carboxylic acids is 1. The number of hydrogen-bond donors (Lipinski definition) is 2. The van der Waals surface area contributed by atoms with E-state index in [0.29, 0.717) is 22.4 Å². The van der Waals surface area contributed by atoms with E-state index in [9.17, 15) is 24.2 Å². The summed E-state index contributed by atoms with van der Waals surface area (Å²) in [6.45, 7) is 1.77. The molecule has 160 valence electrons. The predicted octanol–water partition coefficient (Wildman–Crippen LogP) is 6.14. The smallest absolute Gasteiger partial charge is 0.307 e. The second kappa shape index (κ2) is 7.57. The number of rotatable bonds is 5. The molecule has 2 N–H and O–H groups in total. The minimum absolute atomic E-state index is 0.0220. The van der Waals surface area contributed by atoms with Gasteiger partial charge in [-0.1, -0.05) is 30.3 Å². The Morgan fingerprint density at radius 3 is 2.47 bits per heavy atom. The van der Waals surface area contributed by atoms with Crippen LogP contribution in [0.1, 0.15) is 38.7 Å². The van der Waals surface area contributed by atoms with E-state index < -0.39 is 11.8 Å². The third-order valence-electron chi connectivity index (χ3n) is 6.06. The van der Waals surface area contributed by atoms with Crippen molar-refractivity contribution in [3.05, 3.63) is 88.0 Å². The number of thiophene rings is 1. The zero-order chi connectivity index (χ0) is 22.6. The number of carboxylic acid groups (broad SMARTS) is 1. The van der Waals surface area contributed by atoms with Crippen molar-refractivity contribution in [1.29, 1.82) is 0 Å². The van der Waals surface area contributed by atoms with Gasteiger partial charge < -0.3 is 10.2 Å². The van der Waals surface area contributed by atoms with Crippen LogP contribution in [0.4, 0.5) is 4.39 Å². The molecule has 0 radical (unpaired) electrons. The SMILES string of the molecule is Cc1ccc(F)cc1C(=O)c1sc2cc(O)ccc2c1-c1ccc(C2CC2C(=O)O)cc1. The summed E-state index contributed by atoms with van der Waals surface area (Å²) in [5.74, 6) is -1.72. The first-order chi connectivity index (χ1) is 15.3. The lowest BCUT2D eigenvalue weighted by Crippen LogP contribution is -2.04. The molecule has 1 heterocycles. The number of carboxylic acids is 1. The maximum atomic E-state index is 13.9. The Bertz CT molecular complexity index is 1390. The number of halogens is 1. The molecule has 4 nitrogen and oxygen atoms in total. The van der Waals surface area contributed by atoms with Gasteiger partial charge in [0.1, 0.15) is 11.6 Å². The molecule has 0 spiro atoms. The van der Waals surface area contributed by atoms with E-state index in [0.717, 1.165) is 26.8 Å². The summed E-state index contributed by atoms with van der Waals surface area (Å²) in [4.78, 5) is 25.2. The number of benzene rings is 3. The second-order valence-electron chi connectivity index (χ2n) is 8.18. The molecule has 0 saturated heterocycles. The molecule has 0 amide bonds. The van der Waals surface area contributed by atoms with Crippen molar-refractivity contribution < 1.29 is 24.2 Å². The highest BCUT2D eigenvalue weighted by Gasteiger charge is 2.44. The molecule has 1 aromatic heterocycles. The minimum atomic E-state index is -0.777. The Kier molecular flexibility index (Phi) is 4.82. The maximum Gasteiger partial charge on any atom is 0.307 e. The number of phenols is 1. The fourth-order valence-corrected chi connectivity index (χ4v) is 5.44. The monoisotopic (exact) mass is 446 g/mol. The number of aromatic hydroxyl groups is 1. The van der Waals surface area contributed by atoms with E-state index in [4.69, 9.17) is 0 Å². The van der Waals surface area contributed by atoms with Crippen LogP contribution in [-0.4, -0.2) is 22.0 Å². The van der Waals surface area contributed by atoms with E-state index in [-0.39, 0.29) is 23.4 Å². The third-order valence-corrected chi connectivity index (χ3v) is 7.21. The van der Waals surface area contributed by atoms with Gasteiger partial charge in [-0.3, -0.25) is 9.59 Å². The van der Waals surface area contributed by atoms with Crippen molar-refractivity contribution in [2.45, 2.75) is 19.3 Å². The molecule has 5 rings (SSSR count). The van der Waals surface area contributed by atoms with E-state index in [2.05, 4.69) is 0 Å². The topological polar surface area (TPSA) is 74.6 Å². The molecule has 1 fully saturated rings. The first-order valence-corrected chi connectivity index (χ1v) is 11.0. The van der Waals surface area contributed by atoms with Gasteiger partial charge in [0, 0.05) is 21.2 Å². The van der Waals surface area contributed by atoms with Gasteiger partial charge in [-0.15, -0.1) is 11.3 Å². The Morgan fingerprint density at radius 2 is 1.78 bits per heavy atom. The van der Waals surface area contributed by atoms with Crippen LogP contribution in [0.3, 0.4) is 0 Å². The molecule has 6 heteroatoms. The van der Waals surface area contributed by atoms with Crippen LogP contribution < -0.4 is 0 Å². The first-order valence-electron chi connectivity index (χ1n) is 10.2. The van der Waals surface area contributed by atoms with Crippen LogP contribution in [0.15, 0.2) is 60.7 Å². The van der Waals surface area contributed by atoms with Crippen molar-refractivity contribution in [2.24, 2.45) is 5.92 Å². The predicted molar refractivity (Wildman–Crippen MR) is 122 cm³/mol. The van der Waals surface area contributed by atoms with Crippen molar-refractivity contribution >= 4 is 33.2 Å². The number of fused-ring (bicyclic) bond motifs is 1. The highest BCUT2D eigenvalue weighted by atomic mass is 32.1. The fourth-order valence-electron chi connectivity index (χ4n) is 4.23. The van der Waals surface area contributed by atoms with E-state index in [1.807, 2.05) is 24.3 Å². The van der Waals surface area contributed by atoms with Gasteiger partial charge in [-0.25, -0.2) is 4.39 Å². The molecular weight excluding hydrogens is 427 g/mol. The lowest BCUT2D eigenvalue weighted by Gasteiger charge is -2.08. The van der Waals surface area contributed by atoms with Crippen molar-refractivity contribution in [2.75, 3.05) is 0 Å². The molecule has 0 bridgehead atoms.